The van der Waals surface area contributed by atoms with Gasteiger partial charge in [-0.05, 0) is 38.7 Å². The van der Waals surface area contributed by atoms with Crippen molar-refractivity contribution in [2.24, 2.45) is 0 Å². The lowest BCUT2D eigenvalue weighted by Gasteiger charge is -2.25. The molecule has 2 aromatic rings. The Morgan fingerprint density at radius 1 is 1.23 bits per heavy atom. The Labute approximate surface area is 131 Å². The summed E-state index contributed by atoms with van der Waals surface area (Å²) in [6.07, 6.45) is 8.87. The average molecular weight is 302 g/mol. The molecule has 0 bridgehead atoms. The van der Waals surface area contributed by atoms with Gasteiger partial charge >= 0.3 is 0 Å². The van der Waals surface area contributed by atoms with Crippen LogP contribution in [0.25, 0.3) is 11.0 Å². The fourth-order valence-corrected chi connectivity index (χ4v) is 3.63. The molecule has 22 heavy (non-hydrogen) atoms. The lowest BCUT2D eigenvalue weighted by Crippen LogP contribution is -2.14. The smallest absolute Gasteiger partial charge is 0.146 e. The molecule has 0 aliphatic heterocycles. The second-order valence-corrected chi connectivity index (χ2v) is 6.30. The predicted octanol–water partition coefficient (Wildman–Crippen LogP) is 3.35. The summed E-state index contributed by atoms with van der Waals surface area (Å²) in [5.41, 5.74) is 3.64. The molecule has 0 amide bonds. The minimum absolute atomic E-state index is 0.197. The van der Waals surface area contributed by atoms with Crippen molar-refractivity contribution in [3.8, 4) is 0 Å². The van der Waals surface area contributed by atoms with E-state index in [4.69, 9.17) is 5.11 Å². The summed E-state index contributed by atoms with van der Waals surface area (Å²) in [4.78, 5) is 9.01. The number of nitrogens with zero attached hydrogens (tertiary/aromatic N) is 3. The van der Waals surface area contributed by atoms with Gasteiger partial charge in [-0.15, -0.1) is 0 Å². The van der Waals surface area contributed by atoms with Crippen LogP contribution in [0.2, 0.25) is 0 Å². The topological polar surface area (TPSA) is 63.0 Å². The summed E-state index contributed by atoms with van der Waals surface area (Å²) in [5.74, 6) is 0.897. The summed E-state index contributed by atoms with van der Waals surface area (Å²) < 4.78 is 2.43. The SMILES string of the molecule is Cc1c(C)n(C2CCCCC2)c2ncnc(NCCCO)c12. The highest BCUT2D eigenvalue weighted by Crippen LogP contribution is 2.36. The van der Waals surface area contributed by atoms with E-state index < -0.39 is 0 Å². The van der Waals surface area contributed by atoms with E-state index in [0.717, 1.165) is 29.8 Å². The van der Waals surface area contributed by atoms with Gasteiger partial charge in [-0.2, -0.15) is 0 Å². The van der Waals surface area contributed by atoms with Crippen molar-refractivity contribution in [3.05, 3.63) is 17.6 Å². The number of aliphatic hydroxyl groups excluding tert-OH is 1. The van der Waals surface area contributed by atoms with Crippen LogP contribution in [0.1, 0.15) is 55.8 Å². The van der Waals surface area contributed by atoms with E-state index in [1.54, 1.807) is 6.33 Å². The molecular formula is C17H26N4O. The minimum Gasteiger partial charge on any atom is -0.396 e. The van der Waals surface area contributed by atoms with Gasteiger partial charge < -0.3 is 15.0 Å². The van der Waals surface area contributed by atoms with Crippen molar-refractivity contribution >= 4 is 16.9 Å². The Kier molecular flexibility index (Phi) is 4.62. The fourth-order valence-electron chi connectivity index (χ4n) is 3.63. The van der Waals surface area contributed by atoms with Crippen LogP contribution in [0, 0.1) is 13.8 Å². The Bertz CT molecular complexity index is 644. The van der Waals surface area contributed by atoms with Crippen LogP contribution in [0.15, 0.2) is 6.33 Å². The van der Waals surface area contributed by atoms with Crippen molar-refractivity contribution in [2.75, 3.05) is 18.5 Å². The molecule has 2 N–H and O–H groups in total. The number of nitrogens with one attached hydrogen (secondary N) is 1. The Morgan fingerprint density at radius 2 is 2.00 bits per heavy atom. The van der Waals surface area contributed by atoms with Crippen LogP contribution in [0.5, 0.6) is 0 Å². The molecule has 1 fully saturated rings. The van der Waals surface area contributed by atoms with Crippen LogP contribution < -0.4 is 5.32 Å². The number of hydrogen-bond acceptors (Lipinski definition) is 4. The van der Waals surface area contributed by atoms with E-state index in [-0.39, 0.29) is 6.61 Å². The molecular weight excluding hydrogens is 276 g/mol. The largest absolute Gasteiger partial charge is 0.396 e. The third kappa shape index (κ3) is 2.70. The molecule has 0 atom stereocenters. The molecule has 0 aromatic carbocycles. The van der Waals surface area contributed by atoms with Crippen molar-refractivity contribution in [2.45, 2.75) is 58.4 Å². The van der Waals surface area contributed by atoms with Crippen molar-refractivity contribution in [1.82, 2.24) is 14.5 Å². The number of hydrogen-bond donors (Lipinski definition) is 2. The third-order valence-corrected chi connectivity index (χ3v) is 4.90. The molecule has 3 rings (SSSR count). The highest BCUT2D eigenvalue weighted by Gasteiger charge is 2.23. The van der Waals surface area contributed by atoms with Crippen molar-refractivity contribution < 1.29 is 5.11 Å². The van der Waals surface area contributed by atoms with Crippen LogP contribution in [0.4, 0.5) is 5.82 Å². The highest BCUT2D eigenvalue weighted by atomic mass is 16.3. The molecule has 0 unspecified atom stereocenters. The average Bonchev–Trinajstić information content (AvgIpc) is 2.81. The fraction of sp³-hybridized carbons (Fsp3) is 0.647. The molecule has 0 radical (unpaired) electrons. The number of aromatic nitrogens is 3. The molecule has 0 spiro atoms. The van der Waals surface area contributed by atoms with Gasteiger partial charge in [0.2, 0.25) is 0 Å². The number of aliphatic hydroxyl groups is 1. The quantitative estimate of drug-likeness (QED) is 0.831. The first-order chi connectivity index (χ1) is 10.7. The van der Waals surface area contributed by atoms with Crippen LogP contribution in [-0.4, -0.2) is 32.8 Å². The lowest BCUT2D eigenvalue weighted by molar-refractivity contribution is 0.292. The zero-order chi connectivity index (χ0) is 15.5. The van der Waals surface area contributed by atoms with Gasteiger partial charge in [0.05, 0.1) is 5.39 Å². The molecule has 5 nitrogen and oxygen atoms in total. The van der Waals surface area contributed by atoms with E-state index >= 15 is 0 Å². The van der Waals surface area contributed by atoms with E-state index in [1.807, 2.05) is 0 Å². The van der Waals surface area contributed by atoms with Gasteiger partial charge in [-0.25, -0.2) is 9.97 Å². The molecule has 2 aromatic heterocycles. The second-order valence-electron chi connectivity index (χ2n) is 6.30. The van der Waals surface area contributed by atoms with Gasteiger partial charge in [-0.1, -0.05) is 19.3 Å². The lowest BCUT2D eigenvalue weighted by atomic mass is 9.95. The molecule has 1 saturated carbocycles. The van der Waals surface area contributed by atoms with Crippen LogP contribution in [0.3, 0.4) is 0 Å². The number of rotatable bonds is 5. The molecule has 1 aliphatic rings. The minimum atomic E-state index is 0.197. The Morgan fingerprint density at radius 3 is 2.73 bits per heavy atom. The zero-order valence-corrected chi connectivity index (χ0v) is 13.6. The van der Waals surface area contributed by atoms with E-state index in [9.17, 15) is 0 Å². The van der Waals surface area contributed by atoms with Gasteiger partial charge in [-0.3, -0.25) is 0 Å². The summed E-state index contributed by atoms with van der Waals surface area (Å²) in [6.45, 7) is 5.29. The normalized spacial score (nSPS) is 16.3. The first-order valence-corrected chi connectivity index (χ1v) is 8.41. The Hall–Kier alpha value is -1.62. The van der Waals surface area contributed by atoms with Gasteiger partial charge in [0.15, 0.2) is 0 Å². The maximum absolute atomic E-state index is 8.95. The van der Waals surface area contributed by atoms with Crippen molar-refractivity contribution in [1.29, 1.82) is 0 Å². The number of aryl methyl sites for hydroxylation is 1. The van der Waals surface area contributed by atoms with Gasteiger partial charge in [0.1, 0.15) is 17.8 Å². The van der Waals surface area contributed by atoms with Crippen molar-refractivity contribution in [3.63, 3.8) is 0 Å². The Balaban J connectivity index is 2.02. The third-order valence-electron chi connectivity index (χ3n) is 4.90. The van der Waals surface area contributed by atoms with Gasteiger partial charge in [0.25, 0.3) is 0 Å². The van der Waals surface area contributed by atoms with Crippen LogP contribution >= 0.6 is 0 Å². The molecule has 2 heterocycles. The molecule has 120 valence electrons. The zero-order valence-electron chi connectivity index (χ0n) is 13.6. The predicted molar refractivity (Wildman–Crippen MR) is 89.3 cm³/mol. The van der Waals surface area contributed by atoms with Gasteiger partial charge in [0, 0.05) is 24.9 Å². The standard InChI is InChI=1S/C17H26N4O/c1-12-13(2)21(14-7-4-3-5-8-14)17-15(12)16(19-11-20-17)18-9-6-10-22/h11,14,22H,3-10H2,1-2H3,(H,18,19,20). The summed E-state index contributed by atoms with van der Waals surface area (Å²) in [6, 6.07) is 0.574. The monoisotopic (exact) mass is 302 g/mol. The van der Waals surface area contributed by atoms with Crippen LogP contribution in [-0.2, 0) is 0 Å². The van der Waals surface area contributed by atoms with E-state index in [2.05, 4.69) is 33.7 Å². The summed E-state index contributed by atoms with van der Waals surface area (Å²) >= 11 is 0. The molecule has 1 aliphatic carbocycles. The first-order valence-electron chi connectivity index (χ1n) is 8.41. The summed E-state index contributed by atoms with van der Waals surface area (Å²) in [7, 11) is 0. The summed E-state index contributed by atoms with van der Waals surface area (Å²) in [5, 5.41) is 13.4. The highest BCUT2D eigenvalue weighted by molar-refractivity contribution is 5.92. The molecule has 0 saturated heterocycles. The maximum atomic E-state index is 8.95. The number of fused-ring (bicyclic) bond motifs is 1. The second kappa shape index (κ2) is 6.65. The first kappa shape index (κ1) is 15.3. The maximum Gasteiger partial charge on any atom is 0.146 e. The van der Waals surface area contributed by atoms with E-state index in [0.29, 0.717) is 6.04 Å². The molecule has 5 heteroatoms. The number of anilines is 1. The van der Waals surface area contributed by atoms with E-state index in [1.165, 1.54) is 43.4 Å².